The minimum Gasteiger partial charge on any atom is -0.508 e. The molecular weight excluding hydrogens is 322 g/mol. The summed E-state index contributed by atoms with van der Waals surface area (Å²) in [5.74, 6) is 2.01. The average Bonchev–Trinajstić information content (AvgIpc) is 3.25. The molecule has 4 aromatic rings. The number of nitrogens with two attached hydrogens (primary N) is 1. The number of phenols is 1. The Hall–Kier alpha value is -3.62. The lowest BCUT2D eigenvalue weighted by Crippen LogP contribution is -2.12. The maximum atomic E-state index is 9.78. The van der Waals surface area contributed by atoms with Crippen molar-refractivity contribution in [2.24, 2.45) is 0 Å². The smallest absolute Gasteiger partial charge is 0.259 e. The van der Waals surface area contributed by atoms with E-state index in [1.807, 2.05) is 12.1 Å². The van der Waals surface area contributed by atoms with Gasteiger partial charge in [-0.25, -0.2) is 0 Å². The van der Waals surface area contributed by atoms with Crippen molar-refractivity contribution in [3.63, 3.8) is 0 Å². The minimum absolute atomic E-state index is 0.167. The molecule has 0 aliphatic heterocycles. The number of furan rings is 1. The number of nitrogen functional groups attached to an aromatic ring is 1. The molecule has 0 bridgehead atoms. The van der Waals surface area contributed by atoms with Crippen LogP contribution in [0.1, 0.15) is 5.56 Å². The molecule has 4 rings (SSSR count). The van der Waals surface area contributed by atoms with Gasteiger partial charge in [0.1, 0.15) is 5.75 Å². The van der Waals surface area contributed by atoms with Crippen molar-refractivity contribution in [2.45, 2.75) is 6.42 Å². The highest BCUT2D eigenvalue weighted by Crippen LogP contribution is 2.18. The molecule has 4 N–H and O–H groups in total. The van der Waals surface area contributed by atoms with E-state index in [9.17, 15) is 5.11 Å². The van der Waals surface area contributed by atoms with Crippen molar-refractivity contribution >= 4 is 17.7 Å². The van der Waals surface area contributed by atoms with Crippen LogP contribution in [-0.4, -0.2) is 36.2 Å². The van der Waals surface area contributed by atoms with Gasteiger partial charge in [0.05, 0.1) is 6.26 Å². The number of hydrogen-bond donors (Lipinski definition) is 3. The number of para-hydroxylation sites is 1. The van der Waals surface area contributed by atoms with Crippen molar-refractivity contribution in [1.29, 1.82) is 0 Å². The number of benzene rings is 1. The normalized spacial score (nSPS) is 11.0. The van der Waals surface area contributed by atoms with Crippen LogP contribution in [0.15, 0.2) is 47.1 Å². The van der Waals surface area contributed by atoms with Crippen LogP contribution in [0.4, 0.5) is 11.9 Å². The first-order valence-corrected chi connectivity index (χ1v) is 7.65. The van der Waals surface area contributed by atoms with Gasteiger partial charge in [-0.2, -0.15) is 19.5 Å². The van der Waals surface area contributed by atoms with Crippen molar-refractivity contribution in [3.05, 3.63) is 48.2 Å². The standard InChI is InChI=1S/C16H15N7O2/c17-14-20-15(18-8-7-10-4-1-2-5-11(10)24)21-16-19-13(22-23(14)16)12-6-3-9-25-12/h1-6,9,24H,7-8H2,(H3,17,18,19,20,21,22). The number of rotatable bonds is 5. The lowest BCUT2D eigenvalue weighted by Gasteiger charge is -2.07. The Bertz CT molecular complexity index is 1010. The van der Waals surface area contributed by atoms with E-state index >= 15 is 0 Å². The maximum absolute atomic E-state index is 9.78. The van der Waals surface area contributed by atoms with E-state index in [0.29, 0.717) is 36.3 Å². The summed E-state index contributed by atoms with van der Waals surface area (Å²) in [4.78, 5) is 12.8. The molecule has 0 aliphatic carbocycles. The lowest BCUT2D eigenvalue weighted by molar-refractivity contribution is 0.468. The first-order valence-electron chi connectivity index (χ1n) is 7.65. The predicted octanol–water partition coefficient (Wildman–Crippen LogP) is 1.72. The minimum atomic E-state index is 0.167. The number of nitrogens with zero attached hydrogens (tertiary/aromatic N) is 5. The topological polar surface area (TPSA) is 127 Å². The lowest BCUT2D eigenvalue weighted by atomic mass is 10.1. The van der Waals surface area contributed by atoms with Crippen molar-refractivity contribution in [2.75, 3.05) is 17.6 Å². The van der Waals surface area contributed by atoms with Gasteiger partial charge in [0.2, 0.25) is 17.7 Å². The number of nitrogens with one attached hydrogen (secondary N) is 1. The highest BCUT2D eigenvalue weighted by Gasteiger charge is 2.13. The maximum Gasteiger partial charge on any atom is 0.259 e. The van der Waals surface area contributed by atoms with E-state index in [1.54, 1.807) is 30.5 Å². The molecule has 0 radical (unpaired) electrons. The SMILES string of the molecule is Nc1nc(NCCc2ccccc2O)nc2nc(-c3ccco3)nn12. The van der Waals surface area contributed by atoms with Gasteiger partial charge < -0.3 is 20.6 Å². The second-order valence-electron chi connectivity index (χ2n) is 5.34. The summed E-state index contributed by atoms with van der Waals surface area (Å²) in [6.45, 7) is 0.534. The zero-order valence-electron chi connectivity index (χ0n) is 13.1. The van der Waals surface area contributed by atoms with E-state index in [2.05, 4.69) is 25.4 Å². The summed E-state index contributed by atoms with van der Waals surface area (Å²) in [5, 5.41) is 17.1. The molecule has 0 saturated carbocycles. The van der Waals surface area contributed by atoms with Gasteiger partial charge in [-0.3, -0.25) is 0 Å². The Morgan fingerprint density at radius 3 is 2.80 bits per heavy atom. The zero-order valence-corrected chi connectivity index (χ0v) is 13.1. The zero-order chi connectivity index (χ0) is 17.2. The molecule has 3 aromatic heterocycles. The molecule has 126 valence electrons. The first kappa shape index (κ1) is 14.9. The molecule has 0 saturated heterocycles. The van der Waals surface area contributed by atoms with Gasteiger partial charge in [-0.1, -0.05) is 18.2 Å². The van der Waals surface area contributed by atoms with Crippen LogP contribution in [0, 0.1) is 0 Å². The molecule has 0 amide bonds. The number of anilines is 2. The Morgan fingerprint density at radius 1 is 1.12 bits per heavy atom. The predicted molar refractivity (Wildman–Crippen MR) is 91.0 cm³/mol. The summed E-state index contributed by atoms with van der Waals surface area (Å²) in [7, 11) is 0. The number of fused-ring (bicyclic) bond motifs is 1. The Labute approximate surface area is 142 Å². The second-order valence-corrected chi connectivity index (χ2v) is 5.34. The second kappa shape index (κ2) is 6.11. The number of phenolic OH excluding ortho intramolecular Hbond substituents is 1. The van der Waals surface area contributed by atoms with Gasteiger partial charge in [-0.05, 0) is 30.2 Å². The van der Waals surface area contributed by atoms with E-state index in [4.69, 9.17) is 10.2 Å². The van der Waals surface area contributed by atoms with Gasteiger partial charge in [0.25, 0.3) is 5.78 Å². The third-order valence-corrected chi connectivity index (χ3v) is 3.64. The quantitative estimate of drug-likeness (QED) is 0.502. The number of aromatic nitrogens is 5. The molecule has 0 fully saturated rings. The highest BCUT2D eigenvalue weighted by atomic mass is 16.3. The molecule has 0 spiro atoms. The van der Waals surface area contributed by atoms with Crippen LogP contribution in [0.2, 0.25) is 0 Å². The van der Waals surface area contributed by atoms with Crippen LogP contribution < -0.4 is 11.1 Å². The monoisotopic (exact) mass is 337 g/mol. The Kier molecular flexibility index (Phi) is 3.65. The molecule has 0 unspecified atom stereocenters. The van der Waals surface area contributed by atoms with E-state index < -0.39 is 0 Å². The fraction of sp³-hybridized carbons (Fsp3) is 0.125. The van der Waals surface area contributed by atoms with E-state index in [1.165, 1.54) is 4.52 Å². The summed E-state index contributed by atoms with van der Waals surface area (Å²) in [6, 6.07) is 10.7. The molecule has 1 aromatic carbocycles. The molecule has 0 aliphatic rings. The Morgan fingerprint density at radius 2 is 2.00 bits per heavy atom. The Balaban J connectivity index is 1.53. The molecule has 9 nitrogen and oxygen atoms in total. The number of aromatic hydroxyl groups is 1. The van der Waals surface area contributed by atoms with Gasteiger partial charge in [0.15, 0.2) is 5.76 Å². The fourth-order valence-electron chi connectivity index (χ4n) is 2.43. The van der Waals surface area contributed by atoms with Crippen LogP contribution >= 0.6 is 0 Å². The first-order chi connectivity index (χ1) is 12.2. The summed E-state index contributed by atoms with van der Waals surface area (Å²) in [5.41, 5.74) is 6.77. The van der Waals surface area contributed by atoms with Crippen molar-refractivity contribution < 1.29 is 9.52 Å². The van der Waals surface area contributed by atoms with E-state index in [0.717, 1.165) is 5.56 Å². The summed E-state index contributed by atoms with van der Waals surface area (Å²) in [6.07, 6.45) is 2.16. The molecule has 3 heterocycles. The molecule has 9 heteroatoms. The van der Waals surface area contributed by atoms with Crippen molar-refractivity contribution in [3.8, 4) is 17.3 Å². The molecular formula is C16H15N7O2. The van der Waals surface area contributed by atoms with Crippen molar-refractivity contribution in [1.82, 2.24) is 24.6 Å². The van der Waals surface area contributed by atoms with Crippen LogP contribution in [0.5, 0.6) is 5.75 Å². The largest absolute Gasteiger partial charge is 0.508 e. The van der Waals surface area contributed by atoms with Gasteiger partial charge >= 0.3 is 0 Å². The molecule has 25 heavy (non-hydrogen) atoms. The highest BCUT2D eigenvalue weighted by molar-refractivity contribution is 5.52. The van der Waals surface area contributed by atoms with Gasteiger partial charge in [-0.15, -0.1) is 5.10 Å². The fourth-order valence-corrected chi connectivity index (χ4v) is 2.43. The van der Waals surface area contributed by atoms with E-state index in [-0.39, 0.29) is 11.7 Å². The third-order valence-electron chi connectivity index (χ3n) is 3.64. The average molecular weight is 337 g/mol. The van der Waals surface area contributed by atoms with Crippen LogP contribution in [-0.2, 0) is 6.42 Å². The van der Waals surface area contributed by atoms with Crippen LogP contribution in [0.3, 0.4) is 0 Å². The number of hydrogen-bond acceptors (Lipinski definition) is 8. The summed E-state index contributed by atoms with van der Waals surface area (Å²) >= 11 is 0. The third kappa shape index (κ3) is 2.94. The molecule has 0 atom stereocenters. The summed E-state index contributed by atoms with van der Waals surface area (Å²) < 4.78 is 6.63. The van der Waals surface area contributed by atoms with Gasteiger partial charge in [0, 0.05) is 6.54 Å². The van der Waals surface area contributed by atoms with Crippen LogP contribution in [0.25, 0.3) is 17.4 Å².